The van der Waals surface area contributed by atoms with Crippen molar-refractivity contribution >= 4 is 46.6 Å². The number of hydrogen-bond acceptors (Lipinski definition) is 10. The van der Waals surface area contributed by atoms with Crippen LogP contribution in [0.2, 0.25) is 0 Å². The molecule has 2 N–H and O–H groups in total. The van der Waals surface area contributed by atoms with E-state index in [4.69, 9.17) is 9.47 Å². The summed E-state index contributed by atoms with van der Waals surface area (Å²) in [7, 11) is 1.17. The molecule has 0 aliphatic carbocycles. The number of allylic oxidation sites excluding steroid dienone is 1. The Bertz CT molecular complexity index is 779. The quantitative estimate of drug-likeness (QED) is 0.186. The Morgan fingerprint density at radius 1 is 1.19 bits per heavy atom. The highest BCUT2D eigenvalue weighted by Crippen LogP contribution is 2.28. The Hall–Kier alpha value is -2.89. The monoisotopic (exact) mass is 472 g/mol. The number of ketones is 1. The van der Waals surface area contributed by atoms with Crippen molar-refractivity contribution in [2.75, 3.05) is 32.6 Å². The van der Waals surface area contributed by atoms with Gasteiger partial charge in [0.25, 0.3) is 5.91 Å². The van der Waals surface area contributed by atoms with Crippen molar-refractivity contribution in [1.29, 1.82) is 0 Å². The maximum Gasteiger partial charge on any atom is 0.509 e. The lowest BCUT2D eigenvalue weighted by molar-refractivity contribution is -0.149. The predicted octanol–water partition coefficient (Wildman–Crippen LogP) is 0.365. The summed E-state index contributed by atoms with van der Waals surface area (Å²) < 4.78 is 14.1. The van der Waals surface area contributed by atoms with Crippen LogP contribution >= 0.6 is 11.8 Å². The van der Waals surface area contributed by atoms with Crippen molar-refractivity contribution in [3.63, 3.8) is 0 Å². The number of rotatable bonds is 11. The second-order valence-electron chi connectivity index (χ2n) is 7.56. The van der Waals surface area contributed by atoms with Crippen LogP contribution in [0.15, 0.2) is 12.2 Å². The lowest BCUT2D eigenvalue weighted by Gasteiger charge is -2.35. The van der Waals surface area contributed by atoms with Crippen LogP contribution in [0, 0.1) is 11.3 Å². The molecule has 2 atom stereocenters. The Morgan fingerprint density at radius 3 is 2.53 bits per heavy atom. The van der Waals surface area contributed by atoms with Gasteiger partial charge in [-0.25, -0.2) is 9.59 Å². The van der Waals surface area contributed by atoms with Crippen LogP contribution < -0.4 is 10.6 Å². The first-order valence-corrected chi connectivity index (χ1v) is 10.8. The fourth-order valence-electron chi connectivity index (χ4n) is 2.44. The summed E-state index contributed by atoms with van der Waals surface area (Å²) in [5, 5.41) is 4.76. The van der Waals surface area contributed by atoms with E-state index in [1.165, 1.54) is 14.0 Å². The van der Waals surface area contributed by atoms with E-state index in [2.05, 4.69) is 15.4 Å². The van der Waals surface area contributed by atoms with Crippen LogP contribution in [0.4, 0.5) is 4.79 Å². The summed E-state index contributed by atoms with van der Waals surface area (Å²) >= 11 is 0.888. The van der Waals surface area contributed by atoms with Gasteiger partial charge in [-0.1, -0.05) is 25.6 Å². The summed E-state index contributed by atoms with van der Waals surface area (Å²) in [6.07, 6.45) is 0.0111. The molecule has 1 aliphatic heterocycles. The van der Waals surface area contributed by atoms with Crippen LogP contribution in [-0.2, 0) is 38.2 Å². The summed E-state index contributed by atoms with van der Waals surface area (Å²) in [6.45, 7) is 5.15. The molecular formula is C20H28N2O9S. The number of amides is 2. The second-order valence-corrected chi connectivity index (χ2v) is 8.66. The molecule has 178 valence electrons. The first-order chi connectivity index (χ1) is 15.0. The molecule has 0 bridgehead atoms. The number of carbonyl (C=O) groups excluding carboxylic acids is 6. The minimum absolute atomic E-state index is 0.00480. The van der Waals surface area contributed by atoms with Gasteiger partial charge >= 0.3 is 12.1 Å². The van der Waals surface area contributed by atoms with Crippen molar-refractivity contribution in [1.82, 2.24) is 10.6 Å². The normalized spacial score (nSPS) is 18.1. The summed E-state index contributed by atoms with van der Waals surface area (Å²) in [5.41, 5.74) is -0.697. The second kappa shape index (κ2) is 12.8. The molecule has 0 aromatic carbocycles. The maximum absolute atomic E-state index is 12.2. The number of methoxy groups -OCH3 is 1. The SMILES string of the molecule is COC(=O)/C=C/C(=O)C(C)C(=O)SCCNC(=O)CCNC(=O)[C@@H]1OC(=O)OCC1(C)C. The molecule has 1 aliphatic rings. The van der Waals surface area contributed by atoms with Crippen LogP contribution in [0.1, 0.15) is 27.2 Å². The largest absolute Gasteiger partial charge is 0.509 e. The van der Waals surface area contributed by atoms with E-state index in [0.717, 1.165) is 23.9 Å². The Kier molecular flexibility index (Phi) is 10.9. The lowest BCUT2D eigenvalue weighted by atomic mass is 9.86. The number of thioether (sulfide) groups is 1. The van der Waals surface area contributed by atoms with Crippen LogP contribution in [0.5, 0.6) is 0 Å². The topological polar surface area (TPSA) is 154 Å². The van der Waals surface area contributed by atoms with Crippen molar-refractivity contribution in [3.05, 3.63) is 12.2 Å². The van der Waals surface area contributed by atoms with Crippen molar-refractivity contribution in [3.8, 4) is 0 Å². The van der Waals surface area contributed by atoms with Crippen molar-refractivity contribution in [2.24, 2.45) is 11.3 Å². The third-order valence-corrected chi connectivity index (χ3v) is 5.46. The molecule has 2 amide bonds. The van der Waals surface area contributed by atoms with Gasteiger partial charge in [-0.05, 0) is 13.0 Å². The zero-order valence-electron chi connectivity index (χ0n) is 18.4. The third-order valence-electron chi connectivity index (χ3n) is 4.41. The van der Waals surface area contributed by atoms with Gasteiger partial charge in [-0.3, -0.25) is 19.2 Å². The molecule has 11 nitrogen and oxygen atoms in total. The average Bonchev–Trinajstić information content (AvgIpc) is 2.75. The van der Waals surface area contributed by atoms with Gasteiger partial charge in [0.05, 0.1) is 13.0 Å². The predicted molar refractivity (Wildman–Crippen MR) is 113 cm³/mol. The third kappa shape index (κ3) is 9.08. The van der Waals surface area contributed by atoms with Gasteiger partial charge in [-0.2, -0.15) is 0 Å². The van der Waals surface area contributed by atoms with Gasteiger partial charge < -0.3 is 24.8 Å². The van der Waals surface area contributed by atoms with E-state index >= 15 is 0 Å². The zero-order valence-corrected chi connectivity index (χ0v) is 19.2. The number of carbonyl (C=O) groups is 6. The summed E-state index contributed by atoms with van der Waals surface area (Å²) in [5.74, 6) is -2.75. The highest BCUT2D eigenvalue weighted by molar-refractivity contribution is 8.13. The van der Waals surface area contributed by atoms with Gasteiger partial charge in [0.2, 0.25) is 5.91 Å². The molecule has 0 spiro atoms. The number of cyclic esters (lactones) is 2. The molecule has 1 saturated heterocycles. The average molecular weight is 473 g/mol. The minimum atomic E-state index is -1.01. The molecule has 1 rings (SSSR count). The maximum atomic E-state index is 12.2. The fourth-order valence-corrected chi connectivity index (χ4v) is 3.22. The Morgan fingerprint density at radius 2 is 1.88 bits per heavy atom. The first kappa shape index (κ1) is 27.1. The molecule has 0 saturated carbocycles. The summed E-state index contributed by atoms with van der Waals surface area (Å²) in [6, 6.07) is 0. The van der Waals surface area contributed by atoms with Crippen molar-refractivity contribution < 1.29 is 43.0 Å². The number of esters is 1. The highest BCUT2D eigenvalue weighted by Gasteiger charge is 2.43. The molecule has 1 heterocycles. The fraction of sp³-hybridized carbons (Fsp3) is 0.600. The van der Waals surface area contributed by atoms with E-state index in [1.54, 1.807) is 13.8 Å². The highest BCUT2D eigenvalue weighted by atomic mass is 32.2. The van der Waals surface area contributed by atoms with E-state index in [-0.39, 0.29) is 42.9 Å². The van der Waals surface area contributed by atoms with Crippen LogP contribution in [-0.4, -0.2) is 73.5 Å². The van der Waals surface area contributed by atoms with Gasteiger partial charge in [0.1, 0.15) is 6.61 Å². The number of nitrogens with one attached hydrogen (secondary N) is 2. The molecular weight excluding hydrogens is 444 g/mol. The van der Waals surface area contributed by atoms with E-state index in [0.29, 0.717) is 0 Å². The van der Waals surface area contributed by atoms with Crippen LogP contribution in [0.25, 0.3) is 0 Å². The molecule has 0 aromatic heterocycles. The minimum Gasteiger partial charge on any atom is -0.466 e. The van der Waals surface area contributed by atoms with E-state index in [1.807, 2.05) is 0 Å². The van der Waals surface area contributed by atoms with Gasteiger partial charge in [0, 0.05) is 36.8 Å². The standard InChI is InChI=1S/C20H28N2O9S/c1-12(13(23)5-6-15(25)29-4)18(27)32-10-9-21-14(24)7-8-22-17(26)16-20(2,3)11-30-19(28)31-16/h5-6,12,16H,7-11H2,1-4H3,(H,21,24)(H,22,26)/b6-5+/t12?,16-/m0/s1. The molecule has 12 heteroatoms. The van der Waals surface area contributed by atoms with Gasteiger partial charge in [0.15, 0.2) is 17.0 Å². The lowest BCUT2D eigenvalue weighted by Crippen LogP contribution is -2.52. The number of ether oxygens (including phenoxy) is 3. The molecule has 0 aromatic rings. The van der Waals surface area contributed by atoms with Crippen LogP contribution in [0.3, 0.4) is 0 Å². The smallest absolute Gasteiger partial charge is 0.466 e. The number of hydrogen-bond donors (Lipinski definition) is 2. The Balaban J connectivity index is 2.26. The summed E-state index contributed by atoms with van der Waals surface area (Å²) in [4.78, 5) is 70.1. The molecule has 32 heavy (non-hydrogen) atoms. The molecule has 1 unspecified atom stereocenters. The van der Waals surface area contributed by atoms with Crippen molar-refractivity contribution in [2.45, 2.75) is 33.3 Å². The zero-order chi connectivity index (χ0) is 24.3. The molecule has 1 fully saturated rings. The van der Waals surface area contributed by atoms with E-state index in [9.17, 15) is 28.8 Å². The van der Waals surface area contributed by atoms with Gasteiger partial charge in [-0.15, -0.1) is 0 Å². The van der Waals surface area contributed by atoms with E-state index < -0.39 is 41.3 Å². The first-order valence-electron chi connectivity index (χ1n) is 9.82. The molecule has 0 radical (unpaired) electrons. The Labute approximate surface area is 190 Å².